The summed E-state index contributed by atoms with van der Waals surface area (Å²) in [5.74, 6) is 1.86. The molecule has 2 heterocycles. The zero-order chi connectivity index (χ0) is 18.4. The summed E-state index contributed by atoms with van der Waals surface area (Å²) in [4.78, 5) is 8.09. The Kier molecular flexibility index (Phi) is 5.44. The lowest BCUT2D eigenvalue weighted by Gasteiger charge is -2.54. The molecule has 26 heavy (non-hydrogen) atoms. The van der Waals surface area contributed by atoms with Gasteiger partial charge in [0.2, 0.25) is 0 Å². The van der Waals surface area contributed by atoms with Gasteiger partial charge in [-0.25, -0.2) is 0 Å². The number of likely N-dealkylation sites (tertiary alicyclic amines) is 1. The van der Waals surface area contributed by atoms with Gasteiger partial charge in [-0.3, -0.25) is 4.90 Å². The molecule has 0 aromatic heterocycles. The van der Waals surface area contributed by atoms with Crippen LogP contribution < -0.4 is 0 Å². The van der Waals surface area contributed by atoms with Crippen molar-refractivity contribution in [1.29, 1.82) is 0 Å². The Morgan fingerprint density at radius 1 is 0.962 bits per heavy atom. The van der Waals surface area contributed by atoms with E-state index in [-0.39, 0.29) is 0 Å². The van der Waals surface area contributed by atoms with Crippen LogP contribution in [0.2, 0.25) is 0 Å². The van der Waals surface area contributed by atoms with Crippen LogP contribution in [0.4, 0.5) is 0 Å². The van der Waals surface area contributed by atoms with Gasteiger partial charge in [-0.2, -0.15) is 0 Å². The molecule has 1 atom stereocenters. The van der Waals surface area contributed by atoms with Gasteiger partial charge in [0.15, 0.2) is 0 Å². The molecule has 2 saturated carbocycles. The molecule has 0 N–H and O–H groups in total. The fraction of sp³-hybridized carbons (Fsp3) is 1.00. The lowest BCUT2D eigenvalue weighted by molar-refractivity contribution is -0.0401. The van der Waals surface area contributed by atoms with Crippen molar-refractivity contribution in [3.8, 4) is 0 Å². The van der Waals surface area contributed by atoms with E-state index in [4.69, 9.17) is 0 Å². The molecule has 0 aromatic carbocycles. The molecule has 0 unspecified atom stereocenters. The van der Waals surface area contributed by atoms with E-state index in [1.807, 2.05) is 0 Å². The van der Waals surface area contributed by atoms with Crippen LogP contribution in [0, 0.1) is 22.7 Å². The molecule has 0 aromatic rings. The molecule has 4 rings (SSSR count). The Morgan fingerprint density at radius 3 is 2.23 bits per heavy atom. The minimum Gasteiger partial charge on any atom is -0.304 e. The molecule has 0 amide bonds. The van der Waals surface area contributed by atoms with Crippen molar-refractivity contribution in [3.63, 3.8) is 0 Å². The third-order valence-corrected chi connectivity index (χ3v) is 8.18. The van der Waals surface area contributed by atoms with Crippen LogP contribution in [0.15, 0.2) is 0 Å². The average molecular weight is 362 g/mol. The predicted octanol–water partition coefficient (Wildman–Crippen LogP) is 3.94. The van der Waals surface area contributed by atoms with E-state index in [0.29, 0.717) is 0 Å². The van der Waals surface area contributed by atoms with Crippen molar-refractivity contribution >= 4 is 0 Å². The molecule has 0 radical (unpaired) electrons. The lowest BCUT2D eigenvalue weighted by Crippen LogP contribution is -2.55. The fourth-order valence-electron chi connectivity index (χ4n) is 6.61. The standard InChI is InChI=1S/C23H43N3/c1-19(2)13-23(5-6-23)18-25-9-7-22(8-10-25)14-21(15-22)17-26-12-11-24(4)16-20(26)3/h19-21H,5-18H2,1-4H3/t20-/m1/s1. The maximum absolute atomic E-state index is 2.83. The first kappa shape index (κ1) is 19.2. The van der Waals surface area contributed by atoms with E-state index in [1.165, 1.54) is 90.8 Å². The van der Waals surface area contributed by atoms with Gasteiger partial charge in [0, 0.05) is 38.8 Å². The molecule has 2 aliphatic heterocycles. The van der Waals surface area contributed by atoms with Gasteiger partial charge in [-0.1, -0.05) is 13.8 Å². The molecule has 150 valence electrons. The van der Waals surface area contributed by atoms with Gasteiger partial charge in [0.05, 0.1) is 0 Å². The highest BCUT2D eigenvalue weighted by Gasteiger charge is 2.49. The predicted molar refractivity (Wildman–Crippen MR) is 110 cm³/mol. The minimum atomic E-state index is 0.721. The van der Waals surface area contributed by atoms with Crippen molar-refractivity contribution in [2.24, 2.45) is 22.7 Å². The summed E-state index contributed by atoms with van der Waals surface area (Å²) >= 11 is 0. The van der Waals surface area contributed by atoms with E-state index in [1.54, 1.807) is 0 Å². The first-order valence-electron chi connectivity index (χ1n) is 11.5. The number of nitrogens with zero attached hydrogens (tertiary/aromatic N) is 3. The highest BCUT2D eigenvalue weighted by atomic mass is 15.3. The van der Waals surface area contributed by atoms with Gasteiger partial charge in [0.1, 0.15) is 0 Å². The molecule has 2 saturated heterocycles. The molecule has 3 heteroatoms. The summed E-state index contributed by atoms with van der Waals surface area (Å²) in [6, 6.07) is 0.753. The lowest BCUT2D eigenvalue weighted by atomic mass is 9.57. The smallest absolute Gasteiger partial charge is 0.0195 e. The van der Waals surface area contributed by atoms with Crippen LogP contribution in [0.1, 0.15) is 65.7 Å². The summed E-state index contributed by atoms with van der Waals surface area (Å²) in [6.07, 6.45) is 10.5. The number of hydrogen-bond donors (Lipinski definition) is 0. The van der Waals surface area contributed by atoms with Crippen LogP contribution in [0.25, 0.3) is 0 Å². The Morgan fingerprint density at radius 2 is 1.65 bits per heavy atom. The van der Waals surface area contributed by atoms with Gasteiger partial charge in [-0.15, -0.1) is 0 Å². The number of rotatable bonds is 6. The molecule has 3 nitrogen and oxygen atoms in total. The van der Waals surface area contributed by atoms with Crippen LogP contribution in [0.5, 0.6) is 0 Å². The summed E-state index contributed by atoms with van der Waals surface area (Å²) < 4.78 is 0. The largest absolute Gasteiger partial charge is 0.304 e. The van der Waals surface area contributed by atoms with Crippen molar-refractivity contribution in [2.45, 2.75) is 71.8 Å². The molecule has 0 bridgehead atoms. The third-order valence-electron chi connectivity index (χ3n) is 8.18. The minimum absolute atomic E-state index is 0.721. The quantitative estimate of drug-likeness (QED) is 0.709. The zero-order valence-corrected chi connectivity index (χ0v) is 18.0. The van der Waals surface area contributed by atoms with Gasteiger partial charge < -0.3 is 9.80 Å². The van der Waals surface area contributed by atoms with E-state index in [9.17, 15) is 0 Å². The highest BCUT2D eigenvalue weighted by Crippen LogP contribution is 2.55. The number of hydrogen-bond acceptors (Lipinski definition) is 3. The summed E-state index contributed by atoms with van der Waals surface area (Å²) in [7, 11) is 2.27. The maximum atomic E-state index is 2.83. The van der Waals surface area contributed by atoms with Crippen molar-refractivity contribution in [1.82, 2.24) is 14.7 Å². The summed E-state index contributed by atoms with van der Waals surface area (Å²) in [5.41, 5.74) is 1.46. The molecular formula is C23H43N3. The number of likely N-dealkylation sites (N-methyl/N-ethyl adjacent to an activating group) is 1. The zero-order valence-electron chi connectivity index (χ0n) is 18.0. The van der Waals surface area contributed by atoms with Crippen LogP contribution in [-0.2, 0) is 0 Å². The Labute approximate surface area is 162 Å². The Bertz CT molecular complexity index is 468. The first-order chi connectivity index (χ1) is 12.4. The molecular weight excluding hydrogens is 318 g/mol. The van der Waals surface area contributed by atoms with Crippen LogP contribution in [-0.4, -0.2) is 73.6 Å². The summed E-state index contributed by atoms with van der Waals surface area (Å²) in [6.45, 7) is 16.6. The summed E-state index contributed by atoms with van der Waals surface area (Å²) in [5, 5.41) is 0. The second kappa shape index (κ2) is 7.37. The van der Waals surface area contributed by atoms with Gasteiger partial charge in [-0.05, 0) is 94.7 Å². The van der Waals surface area contributed by atoms with Gasteiger partial charge in [0.25, 0.3) is 0 Å². The fourth-order valence-corrected chi connectivity index (χ4v) is 6.61. The normalized spacial score (nSPS) is 32.9. The Hall–Kier alpha value is -0.120. The van der Waals surface area contributed by atoms with Gasteiger partial charge >= 0.3 is 0 Å². The molecule has 2 aliphatic carbocycles. The topological polar surface area (TPSA) is 9.72 Å². The monoisotopic (exact) mass is 361 g/mol. The Balaban J connectivity index is 1.18. The second-order valence-corrected chi connectivity index (χ2v) is 11.3. The van der Waals surface area contributed by atoms with E-state index >= 15 is 0 Å². The molecule has 4 fully saturated rings. The van der Waals surface area contributed by atoms with Crippen molar-refractivity contribution < 1.29 is 0 Å². The molecule has 1 spiro atoms. The van der Waals surface area contributed by atoms with E-state index in [0.717, 1.165) is 28.7 Å². The number of piperazine rings is 1. The van der Waals surface area contributed by atoms with E-state index < -0.39 is 0 Å². The SMILES string of the molecule is CC(C)CC1(CN2CCC3(CC2)CC(CN2CCN(C)C[C@H]2C)C3)CC1. The second-order valence-electron chi connectivity index (χ2n) is 11.3. The first-order valence-corrected chi connectivity index (χ1v) is 11.5. The molecule has 4 aliphatic rings. The maximum Gasteiger partial charge on any atom is 0.0195 e. The van der Waals surface area contributed by atoms with E-state index in [2.05, 4.69) is 42.5 Å². The highest BCUT2D eigenvalue weighted by molar-refractivity contribution is 5.01. The number of piperidine rings is 1. The van der Waals surface area contributed by atoms with Crippen LogP contribution in [0.3, 0.4) is 0 Å². The third kappa shape index (κ3) is 4.31. The average Bonchev–Trinajstić information content (AvgIpc) is 3.28. The van der Waals surface area contributed by atoms with Crippen molar-refractivity contribution in [3.05, 3.63) is 0 Å². The van der Waals surface area contributed by atoms with Crippen LogP contribution >= 0.6 is 0 Å². The van der Waals surface area contributed by atoms with Crippen molar-refractivity contribution in [2.75, 3.05) is 52.9 Å².